The number of Topliss-reactive ketones (excluding diaryl/α,β-unsaturated/α-hetero) is 1. The molecule has 130 valence electrons. The number of ketones is 1. The zero-order chi connectivity index (χ0) is 17.6. The molecular weight excluding hydrogens is 336 g/mol. The SMILES string of the molecule is O=C(c1ccccc1)C1CCN(C(=O)NCc2ccccc2Cl)CC1. The van der Waals surface area contributed by atoms with Crippen LogP contribution in [0.1, 0.15) is 28.8 Å². The molecule has 0 atom stereocenters. The van der Waals surface area contributed by atoms with Crippen molar-refractivity contribution in [3.05, 3.63) is 70.7 Å². The van der Waals surface area contributed by atoms with Gasteiger partial charge < -0.3 is 10.2 Å². The molecule has 5 heteroatoms. The predicted octanol–water partition coefficient (Wildman–Crippen LogP) is 4.14. The Morgan fingerprint density at radius 3 is 2.32 bits per heavy atom. The zero-order valence-corrected chi connectivity index (χ0v) is 14.7. The van der Waals surface area contributed by atoms with Gasteiger partial charge in [-0.2, -0.15) is 0 Å². The number of nitrogens with one attached hydrogen (secondary N) is 1. The predicted molar refractivity (Wildman–Crippen MR) is 98.8 cm³/mol. The maximum atomic E-state index is 12.5. The van der Waals surface area contributed by atoms with Gasteiger partial charge in [0.05, 0.1) is 0 Å². The van der Waals surface area contributed by atoms with Gasteiger partial charge in [0.1, 0.15) is 0 Å². The van der Waals surface area contributed by atoms with Crippen LogP contribution in [0.3, 0.4) is 0 Å². The highest BCUT2D eigenvalue weighted by Gasteiger charge is 2.27. The first-order valence-corrected chi connectivity index (χ1v) is 8.88. The van der Waals surface area contributed by atoms with Crippen molar-refractivity contribution in [1.82, 2.24) is 10.2 Å². The van der Waals surface area contributed by atoms with Crippen LogP contribution in [-0.4, -0.2) is 29.8 Å². The zero-order valence-electron chi connectivity index (χ0n) is 14.0. The molecule has 1 N–H and O–H groups in total. The summed E-state index contributed by atoms with van der Waals surface area (Å²) in [5, 5.41) is 3.55. The molecule has 1 saturated heterocycles. The molecule has 0 spiro atoms. The second kappa shape index (κ2) is 8.17. The third kappa shape index (κ3) is 4.40. The highest BCUT2D eigenvalue weighted by Crippen LogP contribution is 2.22. The van der Waals surface area contributed by atoms with Crippen molar-refractivity contribution >= 4 is 23.4 Å². The molecule has 25 heavy (non-hydrogen) atoms. The van der Waals surface area contributed by atoms with E-state index in [1.807, 2.05) is 54.6 Å². The molecule has 0 aromatic heterocycles. The molecule has 4 nitrogen and oxygen atoms in total. The number of benzene rings is 2. The Morgan fingerprint density at radius 2 is 1.64 bits per heavy atom. The van der Waals surface area contributed by atoms with Gasteiger partial charge in [0.25, 0.3) is 0 Å². The number of carbonyl (C=O) groups is 2. The summed E-state index contributed by atoms with van der Waals surface area (Å²) in [6.45, 7) is 1.59. The third-order valence-corrected chi connectivity index (χ3v) is 4.97. The Balaban J connectivity index is 1.49. The first-order valence-electron chi connectivity index (χ1n) is 8.50. The lowest BCUT2D eigenvalue weighted by Gasteiger charge is -2.31. The molecule has 1 aliphatic rings. The number of carbonyl (C=O) groups excluding carboxylic acids is 2. The molecule has 1 aliphatic heterocycles. The number of hydrogen-bond acceptors (Lipinski definition) is 2. The molecular formula is C20H21ClN2O2. The molecule has 0 unspecified atom stereocenters. The van der Waals surface area contributed by atoms with E-state index >= 15 is 0 Å². The van der Waals surface area contributed by atoms with Crippen molar-refractivity contribution in [1.29, 1.82) is 0 Å². The van der Waals surface area contributed by atoms with Crippen LogP contribution < -0.4 is 5.32 Å². The number of hydrogen-bond donors (Lipinski definition) is 1. The van der Waals surface area contributed by atoms with Crippen molar-refractivity contribution < 1.29 is 9.59 Å². The number of likely N-dealkylation sites (tertiary alicyclic amines) is 1. The second-order valence-electron chi connectivity index (χ2n) is 6.24. The maximum absolute atomic E-state index is 12.5. The Bertz CT molecular complexity index is 740. The average molecular weight is 357 g/mol. The average Bonchev–Trinajstić information content (AvgIpc) is 2.67. The molecule has 2 amide bonds. The minimum atomic E-state index is -0.106. The van der Waals surface area contributed by atoms with Crippen molar-refractivity contribution in [2.24, 2.45) is 5.92 Å². The monoisotopic (exact) mass is 356 g/mol. The number of nitrogens with zero attached hydrogens (tertiary/aromatic N) is 1. The Morgan fingerprint density at radius 1 is 1.00 bits per heavy atom. The summed E-state index contributed by atoms with van der Waals surface area (Å²) in [7, 11) is 0. The summed E-state index contributed by atoms with van der Waals surface area (Å²) < 4.78 is 0. The fourth-order valence-corrected chi connectivity index (χ4v) is 3.31. The standard InChI is InChI=1S/C20H21ClN2O2/c21-18-9-5-4-8-17(18)14-22-20(25)23-12-10-16(11-13-23)19(24)15-6-2-1-3-7-15/h1-9,16H,10-14H2,(H,22,25). The lowest BCUT2D eigenvalue weighted by Crippen LogP contribution is -2.45. The number of amides is 2. The van der Waals surface area contributed by atoms with E-state index in [9.17, 15) is 9.59 Å². The van der Waals surface area contributed by atoms with E-state index in [1.54, 1.807) is 4.90 Å². The Labute approximate surface area is 152 Å². The summed E-state index contributed by atoms with van der Waals surface area (Å²) in [5.74, 6) is 0.173. The van der Waals surface area contributed by atoms with Gasteiger partial charge in [-0.15, -0.1) is 0 Å². The van der Waals surface area contributed by atoms with Crippen LogP contribution in [0.15, 0.2) is 54.6 Å². The van der Waals surface area contributed by atoms with E-state index < -0.39 is 0 Å². The van der Waals surface area contributed by atoms with Crippen LogP contribution in [0.25, 0.3) is 0 Å². The van der Waals surface area contributed by atoms with Gasteiger partial charge in [0.2, 0.25) is 0 Å². The normalized spacial score (nSPS) is 15.0. The minimum absolute atomic E-state index is 0.00461. The van der Waals surface area contributed by atoms with Gasteiger partial charge >= 0.3 is 6.03 Å². The molecule has 3 rings (SSSR count). The van der Waals surface area contributed by atoms with Gasteiger partial charge in [0, 0.05) is 36.1 Å². The van der Waals surface area contributed by atoms with E-state index in [2.05, 4.69) is 5.32 Å². The smallest absolute Gasteiger partial charge is 0.317 e. The van der Waals surface area contributed by atoms with Crippen LogP contribution in [0.5, 0.6) is 0 Å². The molecule has 0 aliphatic carbocycles. The minimum Gasteiger partial charge on any atom is -0.334 e. The lowest BCUT2D eigenvalue weighted by molar-refractivity contribution is 0.0854. The van der Waals surface area contributed by atoms with E-state index in [-0.39, 0.29) is 17.7 Å². The number of halogens is 1. The van der Waals surface area contributed by atoms with Gasteiger partial charge in [-0.25, -0.2) is 4.79 Å². The van der Waals surface area contributed by atoms with Crippen LogP contribution in [0, 0.1) is 5.92 Å². The molecule has 1 heterocycles. The van der Waals surface area contributed by atoms with Crippen LogP contribution in [0.4, 0.5) is 4.79 Å². The molecule has 2 aromatic carbocycles. The fraction of sp³-hybridized carbons (Fsp3) is 0.300. The Kier molecular flexibility index (Phi) is 5.71. The lowest BCUT2D eigenvalue weighted by atomic mass is 9.89. The van der Waals surface area contributed by atoms with Crippen LogP contribution >= 0.6 is 11.6 Å². The largest absolute Gasteiger partial charge is 0.334 e. The van der Waals surface area contributed by atoms with Crippen molar-refractivity contribution in [3.8, 4) is 0 Å². The maximum Gasteiger partial charge on any atom is 0.317 e. The first kappa shape index (κ1) is 17.5. The molecule has 2 aromatic rings. The van der Waals surface area contributed by atoms with E-state index in [1.165, 1.54) is 0 Å². The van der Waals surface area contributed by atoms with Gasteiger partial charge in [-0.05, 0) is 24.5 Å². The molecule has 1 fully saturated rings. The fourth-order valence-electron chi connectivity index (χ4n) is 3.11. The van der Waals surface area contributed by atoms with Crippen molar-refractivity contribution in [2.45, 2.75) is 19.4 Å². The number of piperidine rings is 1. The highest BCUT2D eigenvalue weighted by atomic mass is 35.5. The topological polar surface area (TPSA) is 49.4 Å². The van der Waals surface area contributed by atoms with E-state index in [0.717, 1.165) is 11.1 Å². The highest BCUT2D eigenvalue weighted by molar-refractivity contribution is 6.31. The van der Waals surface area contributed by atoms with E-state index in [4.69, 9.17) is 11.6 Å². The van der Waals surface area contributed by atoms with Crippen LogP contribution in [0.2, 0.25) is 5.02 Å². The third-order valence-electron chi connectivity index (χ3n) is 4.60. The van der Waals surface area contributed by atoms with E-state index in [0.29, 0.717) is 37.5 Å². The summed E-state index contributed by atoms with van der Waals surface area (Å²) in [5.41, 5.74) is 1.65. The van der Waals surface area contributed by atoms with Crippen LogP contribution in [-0.2, 0) is 6.54 Å². The summed E-state index contributed by atoms with van der Waals surface area (Å²) in [6, 6.07) is 16.7. The summed E-state index contributed by atoms with van der Waals surface area (Å²) >= 11 is 6.10. The first-order chi connectivity index (χ1) is 12.1. The number of urea groups is 1. The molecule has 0 radical (unpaired) electrons. The van der Waals surface area contributed by atoms with Gasteiger partial charge in [-0.3, -0.25) is 4.79 Å². The van der Waals surface area contributed by atoms with Gasteiger partial charge in [-0.1, -0.05) is 60.1 Å². The summed E-state index contributed by atoms with van der Waals surface area (Å²) in [4.78, 5) is 26.6. The quantitative estimate of drug-likeness (QED) is 0.837. The van der Waals surface area contributed by atoms with Crippen molar-refractivity contribution in [2.75, 3.05) is 13.1 Å². The second-order valence-corrected chi connectivity index (χ2v) is 6.65. The molecule has 0 saturated carbocycles. The summed E-state index contributed by atoms with van der Waals surface area (Å²) in [6.07, 6.45) is 1.40. The Hall–Kier alpha value is -2.33. The van der Waals surface area contributed by atoms with Crippen molar-refractivity contribution in [3.63, 3.8) is 0 Å². The van der Waals surface area contributed by atoms with Gasteiger partial charge in [0.15, 0.2) is 5.78 Å². The molecule has 0 bridgehead atoms. The number of rotatable bonds is 4.